The predicted molar refractivity (Wildman–Crippen MR) is 137 cm³/mol. The van der Waals surface area contributed by atoms with Gasteiger partial charge in [-0.25, -0.2) is 4.39 Å². The Morgan fingerprint density at radius 2 is 2.16 bits per heavy atom. The van der Waals surface area contributed by atoms with E-state index in [9.17, 15) is 18.8 Å². The first-order valence-corrected chi connectivity index (χ1v) is 12.7. The van der Waals surface area contributed by atoms with Crippen molar-refractivity contribution in [1.29, 1.82) is 0 Å². The topological polar surface area (TPSA) is 113 Å². The molecule has 2 aliphatic heterocycles. The van der Waals surface area contributed by atoms with Crippen molar-refractivity contribution in [2.75, 3.05) is 40.5 Å². The van der Waals surface area contributed by atoms with E-state index in [0.29, 0.717) is 44.6 Å². The number of pyridine rings is 1. The third-order valence-corrected chi connectivity index (χ3v) is 6.85. The molecule has 0 spiro atoms. The molecule has 1 fully saturated rings. The number of fused-ring (bicyclic) bond motifs is 3. The maximum atomic E-state index is 14.1. The number of rotatable bonds is 5. The van der Waals surface area contributed by atoms with Crippen LogP contribution in [-0.4, -0.2) is 91.1 Å². The smallest absolute Gasteiger partial charge is 0.257 e. The van der Waals surface area contributed by atoms with E-state index in [-0.39, 0.29) is 42.7 Å². The van der Waals surface area contributed by atoms with E-state index in [1.165, 1.54) is 30.2 Å². The fraction of sp³-hybridized carbons (Fsp3) is 0.481. The van der Waals surface area contributed by atoms with E-state index >= 15 is 0 Å². The molecular weight excluding hydrogens is 493 g/mol. The zero-order valence-corrected chi connectivity index (χ0v) is 21.7. The van der Waals surface area contributed by atoms with Gasteiger partial charge < -0.3 is 25.0 Å². The lowest BCUT2D eigenvalue weighted by Gasteiger charge is -2.26. The number of hydrogen-bond acceptors (Lipinski definition) is 7. The highest BCUT2D eigenvalue weighted by Crippen LogP contribution is 2.26. The van der Waals surface area contributed by atoms with Gasteiger partial charge >= 0.3 is 0 Å². The highest BCUT2D eigenvalue weighted by Gasteiger charge is 2.35. The molecule has 2 bridgehead atoms. The SMILES string of the molecule is COCC(=O)N[C@H]1CCCN(C)C(=O)c2cc(F)ccc2OC[C@@H]2C[C@H](CN2Cc2cccnc2)NC1=O. The van der Waals surface area contributed by atoms with Crippen LogP contribution in [0.4, 0.5) is 4.39 Å². The quantitative estimate of drug-likeness (QED) is 0.604. The minimum atomic E-state index is -0.780. The Bertz CT molecular complexity index is 1130. The molecule has 1 saturated heterocycles. The van der Waals surface area contributed by atoms with Crippen LogP contribution < -0.4 is 15.4 Å². The van der Waals surface area contributed by atoms with Crippen molar-refractivity contribution in [3.8, 4) is 5.75 Å². The van der Waals surface area contributed by atoms with Crippen LogP contribution in [0.2, 0.25) is 0 Å². The Kier molecular flexibility index (Phi) is 9.24. The molecule has 0 saturated carbocycles. The number of nitrogens with zero attached hydrogens (tertiary/aromatic N) is 3. The Morgan fingerprint density at radius 1 is 1.32 bits per heavy atom. The summed E-state index contributed by atoms with van der Waals surface area (Å²) in [6.45, 7) is 1.57. The minimum absolute atomic E-state index is 0.0853. The summed E-state index contributed by atoms with van der Waals surface area (Å²) in [7, 11) is 3.03. The van der Waals surface area contributed by atoms with E-state index < -0.39 is 17.8 Å². The average Bonchev–Trinajstić information content (AvgIpc) is 3.27. The van der Waals surface area contributed by atoms with E-state index in [0.717, 1.165) is 5.56 Å². The van der Waals surface area contributed by atoms with Crippen molar-refractivity contribution in [3.05, 3.63) is 59.7 Å². The van der Waals surface area contributed by atoms with Crippen molar-refractivity contribution < 1.29 is 28.2 Å². The van der Waals surface area contributed by atoms with Crippen molar-refractivity contribution in [3.63, 3.8) is 0 Å². The first kappa shape index (κ1) is 27.5. The third kappa shape index (κ3) is 7.05. The molecule has 0 aliphatic carbocycles. The lowest BCUT2D eigenvalue weighted by Crippen LogP contribution is -2.51. The van der Waals surface area contributed by atoms with E-state index in [1.54, 1.807) is 19.4 Å². The molecule has 0 unspecified atom stereocenters. The van der Waals surface area contributed by atoms with Crippen LogP contribution in [0, 0.1) is 5.82 Å². The predicted octanol–water partition coefficient (Wildman–Crippen LogP) is 1.36. The largest absolute Gasteiger partial charge is 0.491 e. The summed E-state index contributed by atoms with van der Waals surface area (Å²) in [4.78, 5) is 46.5. The summed E-state index contributed by atoms with van der Waals surface area (Å²) in [5.74, 6) is -1.26. The molecule has 1 aromatic heterocycles. The number of hydrogen-bond donors (Lipinski definition) is 2. The number of carbonyl (C=O) groups is 3. The van der Waals surface area contributed by atoms with Crippen LogP contribution in [0.1, 0.15) is 35.2 Å². The Morgan fingerprint density at radius 3 is 2.92 bits per heavy atom. The summed E-state index contributed by atoms with van der Waals surface area (Å²) in [5, 5.41) is 5.85. The Labute approximate surface area is 221 Å². The number of aromatic nitrogens is 1. The highest BCUT2D eigenvalue weighted by atomic mass is 19.1. The molecule has 3 amide bonds. The van der Waals surface area contributed by atoms with Gasteiger partial charge in [-0.05, 0) is 49.1 Å². The summed E-state index contributed by atoms with van der Waals surface area (Å²) in [6, 6.07) is 6.77. The zero-order chi connectivity index (χ0) is 27.1. The van der Waals surface area contributed by atoms with Gasteiger partial charge in [-0.1, -0.05) is 6.07 Å². The number of nitrogens with one attached hydrogen (secondary N) is 2. The van der Waals surface area contributed by atoms with Gasteiger partial charge in [0, 0.05) is 58.3 Å². The van der Waals surface area contributed by atoms with Crippen molar-refractivity contribution >= 4 is 17.7 Å². The minimum Gasteiger partial charge on any atom is -0.491 e. The monoisotopic (exact) mass is 527 g/mol. The number of ether oxygens (including phenoxy) is 2. The van der Waals surface area contributed by atoms with Crippen LogP contribution in [0.15, 0.2) is 42.7 Å². The van der Waals surface area contributed by atoms with Crippen molar-refractivity contribution in [1.82, 2.24) is 25.4 Å². The standard InChI is InChI=1S/C27H34FN5O5/c1-32-10-4-6-23(31-25(34)17-37-2)26(35)30-20-12-21(33(15-20)14-18-5-3-9-29-13-18)16-38-24-8-7-19(28)11-22(24)27(32)36/h3,5,7-9,11,13,20-21,23H,4,6,10,12,14-17H2,1-2H3,(H,30,35)(H,31,34)/t20-,21+,23+/m1/s1. The van der Waals surface area contributed by atoms with Gasteiger partial charge in [0.25, 0.3) is 5.91 Å². The van der Waals surface area contributed by atoms with Gasteiger partial charge in [-0.3, -0.25) is 24.3 Å². The number of likely N-dealkylation sites (tertiary alicyclic amines) is 1. The molecule has 2 aliphatic rings. The second-order valence-electron chi connectivity index (χ2n) is 9.76. The molecule has 2 aromatic rings. The second kappa shape index (κ2) is 12.8. The van der Waals surface area contributed by atoms with E-state index in [4.69, 9.17) is 9.47 Å². The molecule has 204 valence electrons. The number of amides is 3. The fourth-order valence-corrected chi connectivity index (χ4v) is 4.94. The van der Waals surface area contributed by atoms with Crippen LogP contribution in [-0.2, 0) is 20.9 Å². The summed E-state index contributed by atoms with van der Waals surface area (Å²) >= 11 is 0. The summed E-state index contributed by atoms with van der Waals surface area (Å²) in [6.07, 6.45) is 4.88. The molecule has 38 heavy (non-hydrogen) atoms. The Hall–Kier alpha value is -3.57. The first-order chi connectivity index (χ1) is 18.3. The van der Waals surface area contributed by atoms with Crippen LogP contribution in [0.3, 0.4) is 0 Å². The maximum Gasteiger partial charge on any atom is 0.257 e. The third-order valence-electron chi connectivity index (χ3n) is 6.85. The van der Waals surface area contributed by atoms with Gasteiger partial charge in [0.05, 0.1) is 5.56 Å². The van der Waals surface area contributed by atoms with Gasteiger partial charge in [0.2, 0.25) is 11.8 Å². The molecule has 3 atom stereocenters. The lowest BCUT2D eigenvalue weighted by atomic mass is 10.1. The van der Waals surface area contributed by atoms with Gasteiger partial charge in [0.1, 0.15) is 30.8 Å². The fourth-order valence-electron chi connectivity index (χ4n) is 4.94. The number of halogens is 1. The van der Waals surface area contributed by atoms with Crippen molar-refractivity contribution in [2.24, 2.45) is 0 Å². The van der Waals surface area contributed by atoms with Crippen LogP contribution in [0.5, 0.6) is 5.75 Å². The first-order valence-electron chi connectivity index (χ1n) is 12.7. The van der Waals surface area contributed by atoms with E-state index in [2.05, 4.69) is 20.5 Å². The molecular formula is C27H34FN5O5. The summed E-state index contributed by atoms with van der Waals surface area (Å²) in [5.41, 5.74) is 1.16. The van der Waals surface area contributed by atoms with Crippen molar-refractivity contribution in [2.45, 2.75) is 43.9 Å². The molecule has 10 nitrogen and oxygen atoms in total. The van der Waals surface area contributed by atoms with Crippen LogP contribution in [0.25, 0.3) is 0 Å². The summed E-state index contributed by atoms with van der Waals surface area (Å²) < 4.78 is 25.1. The number of benzene rings is 1. The Balaban J connectivity index is 1.61. The normalized spacial score (nSPS) is 23.0. The van der Waals surface area contributed by atoms with Gasteiger partial charge in [0.15, 0.2) is 0 Å². The maximum absolute atomic E-state index is 14.1. The highest BCUT2D eigenvalue weighted by molar-refractivity contribution is 5.96. The second-order valence-corrected chi connectivity index (χ2v) is 9.76. The molecule has 1 aromatic carbocycles. The number of carbonyl (C=O) groups excluding carboxylic acids is 3. The van der Waals surface area contributed by atoms with Gasteiger partial charge in [-0.15, -0.1) is 0 Å². The molecule has 4 rings (SSSR count). The van der Waals surface area contributed by atoms with Gasteiger partial charge in [-0.2, -0.15) is 0 Å². The average molecular weight is 528 g/mol. The zero-order valence-electron chi connectivity index (χ0n) is 21.7. The van der Waals surface area contributed by atoms with E-state index in [1.807, 2.05) is 12.1 Å². The lowest BCUT2D eigenvalue weighted by molar-refractivity contribution is -0.131. The number of methoxy groups -OCH3 is 1. The van der Waals surface area contributed by atoms with Crippen LogP contribution >= 0.6 is 0 Å². The molecule has 11 heteroatoms. The molecule has 2 N–H and O–H groups in total. The molecule has 3 heterocycles. The molecule has 0 radical (unpaired) electrons.